The molecule has 3 rings (SSSR count). The topological polar surface area (TPSA) is 88.3 Å². The highest BCUT2D eigenvalue weighted by atomic mass is 35.5. The number of halogens is 1. The molecule has 25 heavy (non-hydrogen) atoms. The van der Waals surface area contributed by atoms with E-state index in [4.69, 9.17) is 9.47 Å². The van der Waals surface area contributed by atoms with Crippen LogP contribution in [0.3, 0.4) is 0 Å². The number of carbonyl (C=O) groups is 1. The molecule has 8 heteroatoms. The predicted molar refractivity (Wildman–Crippen MR) is 96.7 cm³/mol. The van der Waals surface area contributed by atoms with Crippen LogP contribution in [0.4, 0.5) is 0 Å². The van der Waals surface area contributed by atoms with Crippen LogP contribution >= 0.6 is 12.4 Å². The summed E-state index contributed by atoms with van der Waals surface area (Å²) in [5.41, 5.74) is 2.53. The van der Waals surface area contributed by atoms with Crippen molar-refractivity contribution in [3.05, 3.63) is 41.2 Å². The molecule has 1 aromatic carbocycles. The summed E-state index contributed by atoms with van der Waals surface area (Å²) in [5.74, 6) is 1.38. The zero-order valence-corrected chi connectivity index (χ0v) is 14.9. The Morgan fingerprint density at radius 1 is 1.36 bits per heavy atom. The van der Waals surface area contributed by atoms with Gasteiger partial charge >= 0.3 is 0 Å². The minimum Gasteiger partial charge on any atom is -0.497 e. The van der Waals surface area contributed by atoms with Crippen molar-refractivity contribution >= 4 is 18.3 Å². The van der Waals surface area contributed by atoms with Crippen molar-refractivity contribution in [3.63, 3.8) is 0 Å². The number of H-pyrrole nitrogens is 1. The van der Waals surface area contributed by atoms with Gasteiger partial charge in [-0.3, -0.25) is 9.89 Å². The highest BCUT2D eigenvalue weighted by Crippen LogP contribution is 2.19. The number of ether oxygens (including phenoxy) is 2. The number of aromatic amines is 1. The molecule has 3 N–H and O–H groups in total. The second-order valence-electron chi connectivity index (χ2n) is 5.59. The Bertz CT molecular complexity index is 705. The van der Waals surface area contributed by atoms with E-state index in [2.05, 4.69) is 20.8 Å². The van der Waals surface area contributed by atoms with Crippen molar-refractivity contribution < 1.29 is 14.3 Å². The minimum absolute atomic E-state index is 0. The molecular weight excluding hydrogens is 344 g/mol. The van der Waals surface area contributed by atoms with Gasteiger partial charge in [-0.1, -0.05) is 6.07 Å². The summed E-state index contributed by atoms with van der Waals surface area (Å²) in [4.78, 5) is 12.2. The van der Waals surface area contributed by atoms with Crippen LogP contribution in [0.15, 0.2) is 24.3 Å². The van der Waals surface area contributed by atoms with Crippen molar-refractivity contribution in [3.8, 4) is 11.5 Å². The molecule has 0 fully saturated rings. The fourth-order valence-electron chi connectivity index (χ4n) is 2.65. The van der Waals surface area contributed by atoms with Crippen LogP contribution in [0.2, 0.25) is 0 Å². The molecule has 1 amide bonds. The first-order chi connectivity index (χ1) is 11.8. The van der Waals surface area contributed by atoms with Gasteiger partial charge in [-0.2, -0.15) is 5.10 Å². The Balaban J connectivity index is 0.00000225. The molecule has 0 bridgehead atoms. The molecule has 2 aromatic rings. The highest BCUT2D eigenvalue weighted by molar-refractivity contribution is 5.94. The molecule has 0 atom stereocenters. The molecule has 1 aromatic heterocycles. The number of hydrogen-bond donors (Lipinski definition) is 3. The Morgan fingerprint density at radius 3 is 3.04 bits per heavy atom. The number of nitrogens with one attached hydrogen (secondary N) is 3. The van der Waals surface area contributed by atoms with Gasteiger partial charge in [0.2, 0.25) is 0 Å². The Hall–Kier alpha value is -2.25. The number of rotatable bonds is 7. The monoisotopic (exact) mass is 366 g/mol. The van der Waals surface area contributed by atoms with Gasteiger partial charge in [0, 0.05) is 43.4 Å². The van der Waals surface area contributed by atoms with Crippen molar-refractivity contribution in [1.29, 1.82) is 0 Å². The maximum atomic E-state index is 12.2. The van der Waals surface area contributed by atoms with Gasteiger partial charge in [0.25, 0.3) is 5.91 Å². The molecule has 0 aliphatic carbocycles. The second-order valence-corrected chi connectivity index (χ2v) is 5.59. The lowest BCUT2D eigenvalue weighted by Gasteiger charge is -2.13. The van der Waals surface area contributed by atoms with E-state index in [1.54, 1.807) is 7.11 Å². The van der Waals surface area contributed by atoms with E-state index in [1.807, 2.05) is 24.3 Å². The van der Waals surface area contributed by atoms with Crippen molar-refractivity contribution in [2.24, 2.45) is 0 Å². The van der Waals surface area contributed by atoms with Gasteiger partial charge in [0.15, 0.2) is 5.69 Å². The zero-order valence-electron chi connectivity index (χ0n) is 14.1. The normalized spacial score (nSPS) is 12.7. The molecule has 2 heterocycles. The molecule has 7 nitrogen and oxygen atoms in total. The lowest BCUT2D eigenvalue weighted by atomic mass is 10.1. The molecule has 1 aliphatic heterocycles. The summed E-state index contributed by atoms with van der Waals surface area (Å²) in [5, 5.41) is 13.2. The van der Waals surface area contributed by atoms with Crippen LogP contribution in [0, 0.1) is 0 Å². The van der Waals surface area contributed by atoms with Crippen molar-refractivity contribution in [2.75, 3.05) is 26.8 Å². The number of aromatic nitrogens is 2. The number of amides is 1. The standard InChI is InChI=1S/C17H22N4O3.ClH/c1-23-12-4-2-5-13(10-12)24-9-3-7-19-17(22)16-14-11-18-8-6-15(14)20-21-16;/h2,4-5,10,18H,3,6-9,11H2,1H3,(H,19,22)(H,20,21);1H. The molecule has 0 spiro atoms. The number of nitrogens with zero attached hydrogens (tertiary/aromatic N) is 1. The zero-order chi connectivity index (χ0) is 16.8. The van der Waals surface area contributed by atoms with Gasteiger partial charge in [-0.05, 0) is 18.6 Å². The summed E-state index contributed by atoms with van der Waals surface area (Å²) < 4.78 is 10.8. The number of carbonyl (C=O) groups excluding carboxylic acids is 1. The van der Waals surface area contributed by atoms with Gasteiger partial charge in [0.1, 0.15) is 11.5 Å². The van der Waals surface area contributed by atoms with Gasteiger partial charge < -0.3 is 20.1 Å². The fourth-order valence-corrected chi connectivity index (χ4v) is 2.65. The Morgan fingerprint density at radius 2 is 2.20 bits per heavy atom. The number of benzene rings is 1. The summed E-state index contributed by atoms with van der Waals surface area (Å²) in [6, 6.07) is 7.46. The maximum Gasteiger partial charge on any atom is 0.272 e. The van der Waals surface area contributed by atoms with Crippen LogP contribution < -0.4 is 20.1 Å². The highest BCUT2D eigenvalue weighted by Gasteiger charge is 2.20. The SMILES string of the molecule is COc1cccc(OCCCNC(=O)c2n[nH]c3c2CNCC3)c1.Cl. The minimum atomic E-state index is -0.141. The molecule has 0 saturated heterocycles. The maximum absolute atomic E-state index is 12.2. The molecular formula is C17H23ClN4O3. The molecule has 1 aliphatic rings. The summed E-state index contributed by atoms with van der Waals surface area (Å²) in [6.45, 7) is 2.66. The van der Waals surface area contributed by atoms with E-state index >= 15 is 0 Å². The van der Waals surface area contributed by atoms with E-state index in [9.17, 15) is 4.79 Å². The van der Waals surface area contributed by atoms with E-state index in [0.717, 1.165) is 35.7 Å². The summed E-state index contributed by atoms with van der Waals surface area (Å²) >= 11 is 0. The fraction of sp³-hybridized carbons (Fsp3) is 0.412. The third-order valence-corrected chi connectivity index (χ3v) is 3.94. The van der Waals surface area contributed by atoms with E-state index in [-0.39, 0.29) is 18.3 Å². The van der Waals surface area contributed by atoms with Gasteiger partial charge in [-0.25, -0.2) is 0 Å². The quantitative estimate of drug-likeness (QED) is 0.649. The Kier molecular flexibility index (Phi) is 7.09. The van der Waals surface area contributed by atoms with Gasteiger partial charge in [0.05, 0.1) is 13.7 Å². The number of methoxy groups -OCH3 is 1. The smallest absolute Gasteiger partial charge is 0.272 e. The van der Waals surface area contributed by atoms with Gasteiger partial charge in [-0.15, -0.1) is 12.4 Å². The largest absolute Gasteiger partial charge is 0.497 e. The second kappa shape index (κ2) is 9.29. The van der Waals surface area contributed by atoms with Crippen molar-refractivity contribution in [1.82, 2.24) is 20.8 Å². The average molecular weight is 367 g/mol. The van der Waals surface area contributed by atoms with E-state index in [1.165, 1.54) is 0 Å². The molecule has 0 unspecified atom stereocenters. The van der Waals surface area contributed by atoms with Crippen LogP contribution in [-0.2, 0) is 13.0 Å². The third-order valence-electron chi connectivity index (χ3n) is 3.94. The van der Waals surface area contributed by atoms with Crippen LogP contribution in [-0.4, -0.2) is 42.9 Å². The third kappa shape index (κ3) is 4.87. The van der Waals surface area contributed by atoms with Crippen LogP contribution in [0.1, 0.15) is 28.2 Å². The number of fused-ring (bicyclic) bond motifs is 1. The summed E-state index contributed by atoms with van der Waals surface area (Å²) in [6.07, 6.45) is 1.60. The number of hydrogen-bond acceptors (Lipinski definition) is 5. The Labute approximate surface area is 152 Å². The van der Waals surface area contributed by atoms with E-state index in [0.29, 0.717) is 31.8 Å². The lowest BCUT2D eigenvalue weighted by Crippen LogP contribution is -2.29. The molecule has 0 saturated carbocycles. The lowest BCUT2D eigenvalue weighted by molar-refractivity contribution is 0.0945. The molecule has 136 valence electrons. The first-order valence-corrected chi connectivity index (χ1v) is 8.10. The first-order valence-electron chi connectivity index (χ1n) is 8.10. The predicted octanol–water partition coefficient (Wildman–Crippen LogP) is 1.68. The first kappa shape index (κ1) is 19.1. The molecule has 0 radical (unpaired) electrons. The summed E-state index contributed by atoms with van der Waals surface area (Å²) in [7, 11) is 1.62. The average Bonchev–Trinajstić information content (AvgIpc) is 3.05. The van der Waals surface area contributed by atoms with Crippen LogP contribution in [0.5, 0.6) is 11.5 Å². The van der Waals surface area contributed by atoms with Crippen molar-refractivity contribution in [2.45, 2.75) is 19.4 Å². The van der Waals surface area contributed by atoms with E-state index < -0.39 is 0 Å². The van der Waals surface area contributed by atoms with Crippen LogP contribution in [0.25, 0.3) is 0 Å².